The molecule has 0 aliphatic carbocycles. The fourth-order valence-electron chi connectivity index (χ4n) is 3.60. The van der Waals surface area contributed by atoms with E-state index in [2.05, 4.69) is 20.3 Å². The van der Waals surface area contributed by atoms with Crippen molar-refractivity contribution in [2.75, 3.05) is 28.6 Å². The monoisotopic (exact) mass is 519 g/mol. The Morgan fingerprint density at radius 3 is 2.39 bits per heavy atom. The highest BCUT2D eigenvalue weighted by Crippen LogP contribution is 2.25. The number of carboxylic acids is 2. The van der Waals surface area contributed by atoms with Crippen LogP contribution in [0.1, 0.15) is 28.8 Å². The first-order valence-corrected chi connectivity index (χ1v) is 12.4. The number of fused-ring (bicyclic) bond motifs is 1. The third-order valence-corrected chi connectivity index (χ3v) is 6.50. The first-order chi connectivity index (χ1) is 16.9. The van der Waals surface area contributed by atoms with Gasteiger partial charge in [0.05, 0.1) is 17.3 Å². The third-order valence-electron chi connectivity index (χ3n) is 5.31. The van der Waals surface area contributed by atoms with E-state index in [0.717, 1.165) is 10.6 Å². The van der Waals surface area contributed by atoms with E-state index in [1.54, 1.807) is 6.20 Å². The number of nitrogen functional groups attached to an aromatic ring is 2. The highest BCUT2D eigenvalue weighted by atomic mass is 32.2. The maximum Gasteiger partial charge on any atom is 0.326 e. The van der Waals surface area contributed by atoms with Gasteiger partial charge in [0.2, 0.25) is 16.0 Å². The maximum atomic E-state index is 12.5. The minimum absolute atomic E-state index is 0.00634. The molecule has 0 fully saturated rings. The van der Waals surface area contributed by atoms with Crippen LogP contribution in [0.4, 0.5) is 17.5 Å². The molecule has 0 unspecified atom stereocenters. The summed E-state index contributed by atoms with van der Waals surface area (Å²) in [6.45, 7) is 0.0391. The molecular weight excluding hydrogens is 494 g/mol. The van der Waals surface area contributed by atoms with Crippen LogP contribution in [0.2, 0.25) is 0 Å². The Labute approximate surface area is 205 Å². The second-order valence-electron chi connectivity index (χ2n) is 7.93. The van der Waals surface area contributed by atoms with Crippen LogP contribution in [-0.2, 0) is 26.0 Å². The number of hydrogen-bond donors (Lipinski definition) is 6. The molecule has 1 aromatic carbocycles. The summed E-state index contributed by atoms with van der Waals surface area (Å²) in [6.07, 6.45) is 2.23. The van der Waals surface area contributed by atoms with Crippen LogP contribution < -0.4 is 21.1 Å². The van der Waals surface area contributed by atoms with Crippen molar-refractivity contribution < 1.29 is 33.0 Å². The molecule has 1 atom stereocenters. The van der Waals surface area contributed by atoms with Gasteiger partial charge in [-0.15, -0.1) is 0 Å². The zero-order chi connectivity index (χ0) is 26.6. The second kappa shape index (κ2) is 10.5. The number of hydrogen-bond acceptors (Lipinski definition) is 9. The summed E-state index contributed by atoms with van der Waals surface area (Å²) < 4.78 is 26.1. The number of nitrogens with zero attached hydrogens (tertiary/aromatic N) is 3. The van der Waals surface area contributed by atoms with E-state index in [0.29, 0.717) is 16.6 Å². The third kappa shape index (κ3) is 6.18. The SMILES string of the molecule is CS(=O)(=O)N(CCc1c[nH]c2nc(N)nc(N)c12)c1ccc(C(=O)N[C@@H](CCC(=O)O)C(=O)O)cc1. The summed E-state index contributed by atoms with van der Waals surface area (Å²) in [5, 5.41) is 20.8. The number of sulfonamides is 1. The molecule has 0 spiro atoms. The molecule has 14 nitrogen and oxygen atoms in total. The van der Waals surface area contributed by atoms with Crippen molar-refractivity contribution in [3.63, 3.8) is 0 Å². The molecule has 1 amide bonds. The van der Waals surface area contributed by atoms with E-state index in [4.69, 9.17) is 16.6 Å². The number of amides is 1. The van der Waals surface area contributed by atoms with E-state index < -0.39 is 40.3 Å². The van der Waals surface area contributed by atoms with Crippen LogP contribution in [-0.4, -0.2) is 70.3 Å². The number of carboxylic acid groups (broad SMARTS) is 2. The quantitative estimate of drug-likeness (QED) is 0.200. The molecule has 2 aromatic heterocycles. The molecule has 8 N–H and O–H groups in total. The van der Waals surface area contributed by atoms with Crippen LogP contribution in [0, 0.1) is 0 Å². The Balaban J connectivity index is 1.76. The number of carbonyl (C=O) groups is 3. The molecule has 0 radical (unpaired) electrons. The van der Waals surface area contributed by atoms with Gasteiger partial charge in [-0.25, -0.2) is 13.2 Å². The summed E-state index contributed by atoms with van der Waals surface area (Å²) in [6, 6.07) is 4.13. The van der Waals surface area contributed by atoms with E-state index in [1.165, 1.54) is 24.3 Å². The smallest absolute Gasteiger partial charge is 0.326 e. The van der Waals surface area contributed by atoms with E-state index in [-0.39, 0.29) is 42.4 Å². The van der Waals surface area contributed by atoms with Crippen LogP contribution in [0.25, 0.3) is 11.0 Å². The van der Waals surface area contributed by atoms with Gasteiger partial charge in [0.15, 0.2) is 0 Å². The topological polar surface area (TPSA) is 235 Å². The normalized spacial score (nSPS) is 12.2. The Morgan fingerprint density at radius 2 is 1.81 bits per heavy atom. The first-order valence-electron chi connectivity index (χ1n) is 10.6. The van der Waals surface area contributed by atoms with Crippen molar-refractivity contribution in [1.82, 2.24) is 20.3 Å². The highest BCUT2D eigenvalue weighted by molar-refractivity contribution is 7.92. The lowest BCUT2D eigenvalue weighted by Gasteiger charge is -2.22. The van der Waals surface area contributed by atoms with Crippen molar-refractivity contribution in [2.24, 2.45) is 0 Å². The lowest BCUT2D eigenvalue weighted by molar-refractivity contribution is -0.140. The van der Waals surface area contributed by atoms with E-state index in [9.17, 15) is 27.9 Å². The van der Waals surface area contributed by atoms with Crippen molar-refractivity contribution in [3.05, 3.63) is 41.6 Å². The molecule has 192 valence electrons. The number of H-pyrrole nitrogens is 1. The molecule has 0 bridgehead atoms. The number of aromatic amines is 1. The van der Waals surface area contributed by atoms with Gasteiger partial charge in [-0.2, -0.15) is 9.97 Å². The predicted octanol–water partition coefficient (Wildman–Crippen LogP) is 0.179. The van der Waals surface area contributed by atoms with Gasteiger partial charge in [0.25, 0.3) is 5.91 Å². The average molecular weight is 520 g/mol. The van der Waals surface area contributed by atoms with Gasteiger partial charge >= 0.3 is 11.9 Å². The molecule has 0 aliphatic heterocycles. The molecular formula is C21H25N7O7S. The minimum Gasteiger partial charge on any atom is -0.481 e. The second-order valence-corrected chi connectivity index (χ2v) is 9.84. The van der Waals surface area contributed by atoms with Crippen LogP contribution >= 0.6 is 0 Å². The fourth-order valence-corrected chi connectivity index (χ4v) is 4.52. The van der Waals surface area contributed by atoms with Gasteiger partial charge in [0.1, 0.15) is 17.5 Å². The van der Waals surface area contributed by atoms with Crippen molar-refractivity contribution in [2.45, 2.75) is 25.3 Å². The standard InChI is InChI=1S/C21H25N7O7S/c1-36(34,35)28(9-8-12-10-24-18-16(12)17(22)26-21(23)27-18)13-4-2-11(3-5-13)19(31)25-14(20(32)33)6-7-15(29)30/h2-5,10,14H,6-9H2,1H3,(H,25,31)(H,29,30)(H,32,33)(H5,22,23,24,26,27)/t14-/m0/s1. The Hall–Kier alpha value is -4.40. The van der Waals surface area contributed by atoms with Gasteiger partial charge in [0, 0.05) is 24.7 Å². The Bertz CT molecular complexity index is 1400. The first kappa shape index (κ1) is 26.2. The molecule has 3 rings (SSSR count). The van der Waals surface area contributed by atoms with Gasteiger partial charge < -0.3 is 32.0 Å². The predicted molar refractivity (Wildman–Crippen MR) is 131 cm³/mol. The molecule has 2 heterocycles. The molecule has 0 aliphatic rings. The van der Waals surface area contributed by atoms with Gasteiger partial charge in [-0.3, -0.25) is 13.9 Å². The maximum absolute atomic E-state index is 12.5. The number of aromatic nitrogens is 3. The highest BCUT2D eigenvalue weighted by Gasteiger charge is 2.23. The molecule has 36 heavy (non-hydrogen) atoms. The van der Waals surface area contributed by atoms with Crippen LogP contribution in [0.15, 0.2) is 30.5 Å². The van der Waals surface area contributed by atoms with Crippen LogP contribution in [0.5, 0.6) is 0 Å². The van der Waals surface area contributed by atoms with Gasteiger partial charge in [-0.05, 0) is 42.7 Å². The molecule has 0 saturated carbocycles. The lowest BCUT2D eigenvalue weighted by atomic mass is 10.1. The van der Waals surface area contributed by atoms with E-state index in [1.807, 2.05) is 0 Å². The Morgan fingerprint density at radius 1 is 1.14 bits per heavy atom. The summed E-state index contributed by atoms with van der Waals surface area (Å²) in [5.41, 5.74) is 13.0. The van der Waals surface area contributed by atoms with E-state index >= 15 is 0 Å². The minimum atomic E-state index is -3.71. The summed E-state index contributed by atoms with van der Waals surface area (Å²) >= 11 is 0. The number of nitrogens with two attached hydrogens (primary N) is 2. The number of anilines is 3. The number of rotatable bonds is 11. The number of aliphatic carboxylic acids is 2. The summed E-state index contributed by atoms with van der Waals surface area (Å²) in [7, 11) is -3.71. The lowest BCUT2D eigenvalue weighted by Crippen LogP contribution is -2.41. The fraction of sp³-hybridized carbons (Fsp3) is 0.286. The molecule has 3 aromatic rings. The van der Waals surface area contributed by atoms with Crippen molar-refractivity contribution in [3.8, 4) is 0 Å². The zero-order valence-corrected chi connectivity index (χ0v) is 19.9. The largest absolute Gasteiger partial charge is 0.481 e. The number of carbonyl (C=O) groups excluding carboxylic acids is 1. The summed E-state index contributed by atoms with van der Waals surface area (Å²) in [4.78, 5) is 45.4. The zero-order valence-electron chi connectivity index (χ0n) is 19.1. The van der Waals surface area contributed by atoms with Crippen molar-refractivity contribution in [1.29, 1.82) is 0 Å². The van der Waals surface area contributed by atoms with Crippen LogP contribution in [0.3, 0.4) is 0 Å². The average Bonchev–Trinajstić information content (AvgIpc) is 3.18. The summed E-state index contributed by atoms with van der Waals surface area (Å²) in [5.74, 6) is -3.12. The number of benzene rings is 1. The Kier molecular flexibility index (Phi) is 7.62. The number of nitrogens with one attached hydrogen (secondary N) is 2. The molecule has 0 saturated heterocycles. The molecule has 15 heteroatoms. The van der Waals surface area contributed by atoms with Crippen molar-refractivity contribution >= 4 is 56.4 Å². The van der Waals surface area contributed by atoms with Gasteiger partial charge in [-0.1, -0.05) is 0 Å².